The van der Waals surface area contributed by atoms with Gasteiger partial charge in [-0.15, -0.1) is 0 Å². The van der Waals surface area contributed by atoms with Crippen molar-refractivity contribution in [2.24, 2.45) is 0 Å². The van der Waals surface area contributed by atoms with Crippen molar-refractivity contribution in [3.05, 3.63) is 107 Å². The fraction of sp³-hybridized carbons (Fsp3) is 0.174. The lowest BCUT2D eigenvalue weighted by Crippen LogP contribution is -2.25. The predicted octanol–water partition coefficient (Wildman–Crippen LogP) is 5.06. The summed E-state index contributed by atoms with van der Waals surface area (Å²) in [4.78, 5) is 10.9. The number of carboxylic acids is 1. The molecule has 3 aromatic rings. The molecule has 0 unspecified atom stereocenters. The standard InChI is InChI=1S/C23H22O2/c1-23(19-10-4-2-5-11-19,20-12-6-3-7-13-20)21-14-8-9-18(17-21)15-16-22(24)25/h2-14,17H,15-16H2,1H3,(H,24,25). The molecule has 0 atom stereocenters. The molecule has 3 aromatic carbocycles. The molecular formula is C23H22O2. The highest BCUT2D eigenvalue weighted by Crippen LogP contribution is 2.38. The van der Waals surface area contributed by atoms with Crippen molar-refractivity contribution in [3.63, 3.8) is 0 Å². The van der Waals surface area contributed by atoms with Crippen LogP contribution in [-0.4, -0.2) is 11.1 Å². The van der Waals surface area contributed by atoms with Gasteiger partial charge in [0.15, 0.2) is 0 Å². The maximum absolute atomic E-state index is 10.9. The van der Waals surface area contributed by atoms with Gasteiger partial charge in [0, 0.05) is 11.8 Å². The van der Waals surface area contributed by atoms with Crippen LogP contribution in [0.1, 0.15) is 35.6 Å². The quantitative estimate of drug-likeness (QED) is 0.642. The van der Waals surface area contributed by atoms with Crippen LogP contribution in [0, 0.1) is 0 Å². The minimum atomic E-state index is -0.765. The maximum Gasteiger partial charge on any atom is 0.303 e. The van der Waals surface area contributed by atoms with Gasteiger partial charge in [-0.25, -0.2) is 0 Å². The zero-order valence-corrected chi connectivity index (χ0v) is 14.4. The highest BCUT2D eigenvalue weighted by atomic mass is 16.4. The van der Waals surface area contributed by atoms with Crippen LogP contribution in [0.3, 0.4) is 0 Å². The lowest BCUT2D eigenvalue weighted by Gasteiger charge is -2.32. The van der Waals surface area contributed by atoms with E-state index in [-0.39, 0.29) is 11.8 Å². The molecule has 25 heavy (non-hydrogen) atoms. The number of rotatable bonds is 6. The van der Waals surface area contributed by atoms with Gasteiger partial charge in [-0.2, -0.15) is 0 Å². The van der Waals surface area contributed by atoms with Crippen LogP contribution < -0.4 is 0 Å². The van der Waals surface area contributed by atoms with Gasteiger partial charge in [0.1, 0.15) is 0 Å². The SMILES string of the molecule is CC(c1ccccc1)(c1ccccc1)c1cccc(CCC(=O)O)c1. The molecule has 0 aliphatic heterocycles. The third kappa shape index (κ3) is 3.63. The molecule has 0 saturated heterocycles. The molecule has 0 spiro atoms. The summed E-state index contributed by atoms with van der Waals surface area (Å²) in [5, 5.41) is 8.96. The Morgan fingerprint density at radius 2 is 1.32 bits per heavy atom. The summed E-state index contributed by atoms with van der Waals surface area (Å²) in [6.07, 6.45) is 0.694. The van der Waals surface area contributed by atoms with Crippen molar-refractivity contribution in [1.29, 1.82) is 0 Å². The minimum Gasteiger partial charge on any atom is -0.481 e. The molecule has 2 nitrogen and oxygen atoms in total. The van der Waals surface area contributed by atoms with E-state index in [1.807, 2.05) is 24.3 Å². The van der Waals surface area contributed by atoms with Crippen molar-refractivity contribution in [1.82, 2.24) is 0 Å². The van der Waals surface area contributed by atoms with Crippen molar-refractivity contribution in [3.8, 4) is 0 Å². The third-order valence-corrected chi connectivity index (χ3v) is 4.83. The molecule has 2 heteroatoms. The Labute approximate surface area is 148 Å². The summed E-state index contributed by atoms with van der Waals surface area (Å²) in [6, 6.07) is 29.2. The second-order valence-corrected chi connectivity index (χ2v) is 6.45. The van der Waals surface area contributed by atoms with E-state index in [9.17, 15) is 4.79 Å². The topological polar surface area (TPSA) is 37.3 Å². The van der Waals surface area contributed by atoms with Crippen molar-refractivity contribution in [2.45, 2.75) is 25.2 Å². The maximum atomic E-state index is 10.9. The Kier molecular flexibility index (Phi) is 4.99. The van der Waals surface area contributed by atoms with E-state index in [2.05, 4.69) is 67.6 Å². The second-order valence-electron chi connectivity index (χ2n) is 6.45. The normalized spacial score (nSPS) is 11.2. The van der Waals surface area contributed by atoms with Gasteiger partial charge in [-0.1, -0.05) is 84.9 Å². The van der Waals surface area contributed by atoms with Crippen LogP contribution in [0.2, 0.25) is 0 Å². The predicted molar refractivity (Wildman–Crippen MR) is 101 cm³/mol. The number of hydrogen-bond donors (Lipinski definition) is 1. The fourth-order valence-electron chi connectivity index (χ4n) is 3.33. The van der Waals surface area contributed by atoms with Crippen LogP contribution in [0.25, 0.3) is 0 Å². The molecule has 0 radical (unpaired) electrons. The number of aliphatic carboxylic acids is 1. The highest BCUT2D eigenvalue weighted by Gasteiger charge is 2.30. The number of carboxylic acid groups (broad SMARTS) is 1. The van der Waals surface area contributed by atoms with Crippen LogP contribution in [-0.2, 0) is 16.6 Å². The first-order chi connectivity index (χ1) is 12.1. The summed E-state index contributed by atoms with van der Waals surface area (Å²) in [5.74, 6) is -0.765. The van der Waals surface area contributed by atoms with Gasteiger partial charge in [-0.3, -0.25) is 4.79 Å². The average Bonchev–Trinajstić information content (AvgIpc) is 2.67. The zero-order chi connectivity index (χ0) is 17.7. The Balaban J connectivity index is 2.10. The summed E-state index contributed by atoms with van der Waals surface area (Å²) in [6.45, 7) is 2.23. The lowest BCUT2D eigenvalue weighted by molar-refractivity contribution is -0.136. The molecule has 126 valence electrons. The average molecular weight is 330 g/mol. The monoisotopic (exact) mass is 330 g/mol. The fourth-order valence-corrected chi connectivity index (χ4v) is 3.33. The van der Waals surface area contributed by atoms with E-state index >= 15 is 0 Å². The molecule has 0 bridgehead atoms. The molecule has 0 aliphatic carbocycles. The molecule has 0 fully saturated rings. The molecule has 0 amide bonds. The first-order valence-corrected chi connectivity index (χ1v) is 8.53. The number of benzene rings is 3. The molecule has 3 rings (SSSR count). The van der Waals surface area contributed by atoms with Crippen molar-refractivity contribution >= 4 is 5.97 Å². The third-order valence-electron chi connectivity index (χ3n) is 4.83. The van der Waals surface area contributed by atoms with Gasteiger partial charge in [0.2, 0.25) is 0 Å². The van der Waals surface area contributed by atoms with Gasteiger partial charge in [0.05, 0.1) is 0 Å². The lowest BCUT2D eigenvalue weighted by atomic mass is 9.71. The summed E-state index contributed by atoms with van der Waals surface area (Å²) >= 11 is 0. The van der Waals surface area contributed by atoms with Crippen LogP contribution in [0.15, 0.2) is 84.9 Å². The van der Waals surface area contributed by atoms with E-state index in [1.54, 1.807) is 0 Å². The van der Waals surface area contributed by atoms with Gasteiger partial charge in [-0.05, 0) is 35.6 Å². The van der Waals surface area contributed by atoms with Gasteiger partial charge >= 0.3 is 5.97 Å². The van der Waals surface area contributed by atoms with E-state index in [1.165, 1.54) is 16.7 Å². The molecular weight excluding hydrogens is 308 g/mol. The minimum absolute atomic E-state index is 0.150. The number of carbonyl (C=O) groups is 1. The smallest absolute Gasteiger partial charge is 0.303 e. The van der Waals surface area contributed by atoms with E-state index in [0.717, 1.165) is 5.56 Å². The summed E-state index contributed by atoms with van der Waals surface area (Å²) < 4.78 is 0. The Bertz CT molecular complexity index is 799. The van der Waals surface area contributed by atoms with Crippen LogP contribution in [0.4, 0.5) is 0 Å². The number of aryl methyl sites for hydroxylation is 1. The van der Waals surface area contributed by atoms with E-state index in [4.69, 9.17) is 5.11 Å². The largest absolute Gasteiger partial charge is 0.481 e. The molecule has 0 heterocycles. The molecule has 1 N–H and O–H groups in total. The van der Waals surface area contributed by atoms with Crippen molar-refractivity contribution in [2.75, 3.05) is 0 Å². The molecule has 0 aromatic heterocycles. The van der Waals surface area contributed by atoms with E-state index in [0.29, 0.717) is 6.42 Å². The first kappa shape index (κ1) is 17.0. The highest BCUT2D eigenvalue weighted by molar-refractivity contribution is 5.67. The Hall–Kier alpha value is -2.87. The molecule has 0 saturated carbocycles. The van der Waals surface area contributed by atoms with Crippen LogP contribution >= 0.6 is 0 Å². The van der Waals surface area contributed by atoms with Gasteiger partial charge < -0.3 is 5.11 Å². The molecule has 0 aliphatic rings. The zero-order valence-electron chi connectivity index (χ0n) is 14.4. The summed E-state index contributed by atoms with van der Waals surface area (Å²) in [7, 11) is 0. The van der Waals surface area contributed by atoms with Gasteiger partial charge in [0.25, 0.3) is 0 Å². The summed E-state index contributed by atoms with van der Waals surface area (Å²) in [5.41, 5.74) is 4.38. The first-order valence-electron chi connectivity index (χ1n) is 8.53. The van der Waals surface area contributed by atoms with Crippen LogP contribution in [0.5, 0.6) is 0 Å². The Morgan fingerprint density at radius 1 is 0.800 bits per heavy atom. The Morgan fingerprint density at radius 3 is 1.84 bits per heavy atom. The second kappa shape index (κ2) is 7.35. The van der Waals surface area contributed by atoms with Crippen molar-refractivity contribution < 1.29 is 9.90 Å². The number of hydrogen-bond acceptors (Lipinski definition) is 1. The van der Waals surface area contributed by atoms with E-state index < -0.39 is 5.97 Å².